The first kappa shape index (κ1) is 38.8. The van der Waals surface area contributed by atoms with Gasteiger partial charge in [-0.05, 0) is 79.5 Å². The summed E-state index contributed by atoms with van der Waals surface area (Å²) in [4.78, 5) is 47.5. The molecule has 0 atom stereocenters. The van der Waals surface area contributed by atoms with E-state index in [2.05, 4.69) is 36.4 Å². The largest absolute Gasteiger partial charge is 0.466 e. The molecular formula is C46H46O9. The predicted octanol–water partition coefficient (Wildman–Crippen LogP) is 9.13. The van der Waals surface area contributed by atoms with E-state index in [0.29, 0.717) is 37.2 Å². The van der Waals surface area contributed by atoms with Crippen LogP contribution in [0.3, 0.4) is 0 Å². The summed E-state index contributed by atoms with van der Waals surface area (Å²) in [6, 6.07) is 24.5. The van der Waals surface area contributed by atoms with Gasteiger partial charge in [0, 0.05) is 64.2 Å². The summed E-state index contributed by atoms with van der Waals surface area (Å²) in [6.07, 6.45) is 1.84. The molecule has 0 saturated heterocycles. The van der Waals surface area contributed by atoms with E-state index < -0.39 is 0 Å². The first-order valence-corrected chi connectivity index (χ1v) is 18.6. The van der Waals surface area contributed by atoms with Crippen LogP contribution in [0.4, 0.5) is 0 Å². The second-order valence-corrected chi connectivity index (χ2v) is 13.7. The molecule has 0 aliphatic rings. The molecule has 0 fully saturated rings. The molecule has 0 radical (unpaired) electrons. The van der Waals surface area contributed by atoms with E-state index in [0.717, 1.165) is 76.5 Å². The quantitative estimate of drug-likeness (QED) is 0.0612. The maximum absolute atomic E-state index is 11.9. The summed E-state index contributed by atoms with van der Waals surface area (Å²) < 4.78 is 29.2. The number of carbonyl (C=O) groups excluding carboxylic acids is 4. The highest BCUT2D eigenvalue weighted by molar-refractivity contribution is 6.11. The minimum Gasteiger partial charge on any atom is -0.466 e. The van der Waals surface area contributed by atoms with E-state index >= 15 is 0 Å². The van der Waals surface area contributed by atoms with Gasteiger partial charge in [-0.15, -0.1) is 0 Å². The van der Waals surface area contributed by atoms with Crippen molar-refractivity contribution in [1.82, 2.24) is 0 Å². The molecule has 0 aliphatic heterocycles. The minimum atomic E-state index is -0.358. The fraction of sp³-hybridized carbons (Fsp3) is 0.304. The fourth-order valence-corrected chi connectivity index (χ4v) is 7.66. The van der Waals surface area contributed by atoms with Gasteiger partial charge in [0.15, 0.2) is 0 Å². The van der Waals surface area contributed by atoms with Crippen LogP contribution in [0.15, 0.2) is 72.8 Å². The Labute approximate surface area is 320 Å². The number of rotatable bonds is 14. The van der Waals surface area contributed by atoms with Gasteiger partial charge in [0.1, 0.15) is 11.5 Å². The molecule has 0 spiro atoms. The second-order valence-electron chi connectivity index (χ2n) is 13.7. The van der Waals surface area contributed by atoms with Crippen LogP contribution in [0, 0.1) is 13.8 Å². The number of ether oxygens (including phenoxy) is 5. The summed E-state index contributed by atoms with van der Waals surface area (Å²) in [5.41, 5.74) is 5.78. The van der Waals surface area contributed by atoms with Gasteiger partial charge in [-0.1, -0.05) is 72.8 Å². The third-order valence-corrected chi connectivity index (χ3v) is 9.95. The van der Waals surface area contributed by atoms with Gasteiger partial charge in [0.2, 0.25) is 0 Å². The minimum absolute atomic E-state index is 0.180. The van der Waals surface area contributed by atoms with Gasteiger partial charge in [0.05, 0.1) is 26.4 Å². The van der Waals surface area contributed by atoms with Gasteiger partial charge in [-0.25, -0.2) is 0 Å². The highest BCUT2D eigenvalue weighted by Gasteiger charge is 2.24. The Balaban J connectivity index is 1.66. The number of aryl methyl sites for hydroxylation is 2. The normalized spacial score (nSPS) is 11.2. The number of esters is 4. The van der Waals surface area contributed by atoms with Crippen LogP contribution < -0.4 is 4.74 Å². The van der Waals surface area contributed by atoms with Crippen molar-refractivity contribution in [3.63, 3.8) is 0 Å². The first-order chi connectivity index (χ1) is 26.5. The Kier molecular flexibility index (Phi) is 12.0. The Bertz CT molecular complexity index is 2290. The van der Waals surface area contributed by atoms with E-state index in [9.17, 15) is 19.2 Å². The number of hydrogen-bond acceptors (Lipinski definition) is 9. The number of hydrogen-bond donors (Lipinski definition) is 0. The Morgan fingerprint density at radius 3 is 1.00 bits per heavy atom. The van der Waals surface area contributed by atoms with Crippen molar-refractivity contribution in [1.29, 1.82) is 0 Å². The maximum atomic E-state index is 11.9. The van der Waals surface area contributed by atoms with Crippen molar-refractivity contribution in [3.8, 4) is 11.5 Å². The molecule has 0 N–H and O–H groups in total. The fourth-order valence-electron chi connectivity index (χ4n) is 7.66. The monoisotopic (exact) mass is 742 g/mol. The van der Waals surface area contributed by atoms with E-state index in [4.69, 9.17) is 23.7 Å². The summed E-state index contributed by atoms with van der Waals surface area (Å²) in [5.74, 6) is -0.0893. The van der Waals surface area contributed by atoms with Gasteiger partial charge < -0.3 is 23.7 Å². The van der Waals surface area contributed by atoms with E-state index in [1.807, 2.05) is 50.2 Å². The average molecular weight is 743 g/mol. The lowest BCUT2D eigenvalue weighted by Gasteiger charge is -2.24. The third-order valence-electron chi connectivity index (χ3n) is 9.95. The number of carbonyl (C=O) groups is 4. The van der Waals surface area contributed by atoms with Crippen molar-refractivity contribution in [2.24, 2.45) is 0 Å². The Hall–Kier alpha value is -5.96. The lowest BCUT2D eigenvalue weighted by molar-refractivity contribution is -0.141. The molecule has 0 aliphatic carbocycles. The zero-order valence-corrected chi connectivity index (χ0v) is 32.3. The maximum Gasteiger partial charge on any atom is 0.302 e. The van der Waals surface area contributed by atoms with Crippen molar-refractivity contribution in [2.45, 2.75) is 67.2 Å². The molecule has 9 nitrogen and oxygen atoms in total. The smallest absolute Gasteiger partial charge is 0.302 e. The molecule has 284 valence electrons. The molecular weight excluding hydrogens is 696 g/mol. The molecule has 0 aromatic heterocycles. The van der Waals surface area contributed by atoms with E-state index in [1.165, 1.54) is 27.7 Å². The van der Waals surface area contributed by atoms with Gasteiger partial charge >= 0.3 is 23.9 Å². The molecule has 6 aromatic rings. The zero-order valence-electron chi connectivity index (χ0n) is 32.3. The van der Waals surface area contributed by atoms with Crippen LogP contribution >= 0.6 is 0 Å². The lowest BCUT2D eigenvalue weighted by Crippen LogP contribution is -2.09. The first-order valence-electron chi connectivity index (χ1n) is 18.6. The third kappa shape index (κ3) is 8.41. The van der Waals surface area contributed by atoms with Crippen LogP contribution in [0.1, 0.15) is 61.1 Å². The van der Waals surface area contributed by atoms with Crippen molar-refractivity contribution in [2.75, 3.05) is 26.4 Å². The highest BCUT2D eigenvalue weighted by Crippen LogP contribution is 2.46. The van der Waals surface area contributed by atoms with Crippen LogP contribution in [0.25, 0.3) is 43.1 Å². The van der Waals surface area contributed by atoms with Crippen molar-refractivity contribution >= 4 is 67.0 Å². The summed E-state index contributed by atoms with van der Waals surface area (Å²) in [7, 11) is 0. The topological polar surface area (TPSA) is 114 Å². The molecule has 0 unspecified atom stereocenters. The highest BCUT2D eigenvalue weighted by atomic mass is 16.5. The Morgan fingerprint density at radius 2 is 0.691 bits per heavy atom. The average Bonchev–Trinajstić information content (AvgIpc) is 3.14. The Morgan fingerprint density at radius 1 is 0.400 bits per heavy atom. The SMILES string of the molecule is CC(=O)OCCc1c2ccccc2c(CCOC(C)=O)c2c(Oc3c(C)ccc4c(CCOC(C)=O)c5ccccc5c(CCOC(C)=O)c34)c(C)ccc12. The number of benzene rings is 6. The summed E-state index contributed by atoms with van der Waals surface area (Å²) in [6.45, 7) is 10.4. The zero-order chi connectivity index (χ0) is 39.2. The van der Waals surface area contributed by atoms with E-state index in [1.54, 1.807) is 0 Å². The summed E-state index contributed by atoms with van der Waals surface area (Å²) in [5, 5.41) is 7.70. The molecule has 0 saturated carbocycles. The molecule has 55 heavy (non-hydrogen) atoms. The van der Waals surface area contributed by atoms with Crippen LogP contribution in [0.2, 0.25) is 0 Å². The van der Waals surface area contributed by atoms with Crippen molar-refractivity contribution in [3.05, 3.63) is 106 Å². The van der Waals surface area contributed by atoms with Crippen LogP contribution in [0.5, 0.6) is 11.5 Å². The second kappa shape index (κ2) is 17.0. The molecule has 6 rings (SSSR count). The molecule has 6 aromatic carbocycles. The van der Waals surface area contributed by atoms with Crippen molar-refractivity contribution < 1.29 is 42.9 Å². The molecule has 9 heteroatoms. The van der Waals surface area contributed by atoms with E-state index in [-0.39, 0.29) is 50.3 Å². The van der Waals surface area contributed by atoms with Gasteiger partial charge in [-0.2, -0.15) is 0 Å². The van der Waals surface area contributed by atoms with Gasteiger partial charge in [0.25, 0.3) is 0 Å². The predicted molar refractivity (Wildman–Crippen MR) is 214 cm³/mol. The molecule has 0 bridgehead atoms. The molecule has 0 amide bonds. The molecule has 0 heterocycles. The number of fused-ring (bicyclic) bond motifs is 4. The van der Waals surface area contributed by atoms with Crippen LogP contribution in [-0.2, 0) is 63.8 Å². The van der Waals surface area contributed by atoms with Gasteiger partial charge in [-0.3, -0.25) is 19.2 Å². The lowest BCUT2D eigenvalue weighted by atomic mass is 9.87. The summed E-state index contributed by atoms with van der Waals surface area (Å²) >= 11 is 0. The van der Waals surface area contributed by atoms with Crippen LogP contribution in [-0.4, -0.2) is 50.3 Å². The standard InChI is InChI=1S/C46H46O9/c1-27-15-17-39-37(19-23-51-29(3)47)33-11-7-9-13-35(33)41(21-25-53-31(5)49)43(39)45(27)55-46-28(2)16-18-40-38(20-24-52-30(4)48)34-12-8-10-14-36(34)42(44(40)46)22-26-54-32(6)50/h7-18H,19-26H2,1-6H3.